The molecule has 9 heteroatoms. The van der Waals surface area contributed by atoms with Gasteiger partial charge in [-0.2, -0.15) is 5.10 Å². The van der Waals surface area contributed by atoms with Crippen LogP contribution in [0.2, 0.25) is 0 Å². The van der Waals surface area contributed by atoms with Crippen LogP contribution in [-0.4, -0.2) is 26.4 Å². The number of amides is 2. The smallest absolute Gasteiger partial charge is 0.291 e. The summed E-state index contributed by atoms with van der Waals surface area (Å²) < 4.78 is 13.6. The number of anilines is 2. The number of benzene rings is 1. The number of carbonyl (C=O) groups is 1. The molecule has 0 saturated carbocycles. The molecule has 7 nitrogen and oxygen atoms in total. The predicted octanol–water partition coefficient (Wildman–Crippen LogP) is 2.94. The van der Waals surface area contributed by atoms with Gasteiger partial charge < -0.3 is 0 Å². The fourth-order valence-electron chi connectivity index (χ4n) is 1.91. The van der Waals surface area contributed by atoms with E-state index >= 15 is 0 Å². The molecule has 118 valence electrons. The van der Waals surface area contributed by atoms with Crippen LogP contribution in [0.5, 0.6) is 0 Å². The summed E-state index contributed by atoms with van der Waals surface area (Å²) in [5.74, 6) is 0.125. The summed E-state index contributed by atoms with van der Waals surface area (Å²) >= 11 is 1.19. The zero-order chi connectivity index (χ0) is 16.2. The number of nitrogens with zero attached hydrogens (tertiary/aromatic N) is 3. The molecule has 0 spiro atoms. The van der Waals surface area contributed by atoms with E-state index in [1.165, 1.54) is 17.4 Å². The first-order valence-electron chi connectivity index (χ1n) is 6.76. The minimum Gasteiger partial charge on any atom is -0.291 e. The lowest BCUT2D eigenvalue weighted by molar-refractivity contribution is 0.262. The summed E-state index contributed by atoms with van der Waals surface area (Å²) in [4.78, 5) is 11.8. The van der Waals surface area contributed by atoms with E-state index < -0.39 is 6.03 Å². The lowest BCUT2D eigenvalue weighted by Crippen LogP contribution is -2.19. The number of rotatable bonds is 4. The fraction of sp³-hybridized carbons (Fsp3) is 0.143. The number of nitrogens with one attached hydrogen (secondary N) is 3. The highest BCUT2D eigenvalue weighted by Gasteiger charge is 2.11. The van der Waals surface area contributed by atoms with Gasteiger partial charge in [0.1, 0.15) is 10.8 Å². The van der Waals surface area contributed by atoms with E-state index in [1.54, 1.807) is 24.3 Å². The minimum absolute atomic E-state index is 0.288. The van der Waals surface area contributed by atoms with Gasteiger partial charge in [0.25, 0.3) is 0 Å². The first-order chi connectivity index (χ1) is 11.1. The van der Waals surface area contributed by atoms with Gasteiger partial charge in [-0.05, 0) is 18.6 Å². The molecule has 3 N–H and O–H groups in total. The Labute approximate surface area is 135 Å². The second-order valence-electron chi connectivity index (χ2n) is 4.78. The fourth-order valence-corrected chi connectivity index (χ4v) is 2.66. The molecule has 3 aromatic rings. The molecule has 1 aromatic carbocycles. The van der Waals surface area contributed by atoms with Crippen molar-refractivity contribution < 1.29 is 9.18 Å². The van der Waals surface area contributed by atoms with E-state index in [2.05, 4.69) is 31.0 Å². The molecule has 0 saturated heterocycles. The highest BCUT2D eigenvalue weighted by Crippen LogP contribution is 2.20. The Hall–Kier alpha value is -2.81. The second-order valence-corrected chi connectivity index (χ2v) is 5.85. The molecule has 0 aliphatic carbocycles. The number of aryl methyl sites for hydroxylation is 1. The lowest BCUT2D eigenvalue weighted by atomic mass is 10.1. The van der Waals surface area contributed by atoms with Crippen molar-refractivity contribution in [3.63, 3.8) is 0 Å². The van der Waals surface area contributed by atoms with Crippen LogP contribution in [0.15, 0.2) is 30.3 Å². The Balaban J connectivity index is 1.61. The molecular weight excluding hydrogens is 319 g/mol. The number of H-pyrrole nitrogens is 1. The summed E-state index contributed by atoms with van der Waals surface area (Å²) in [6, 6.07) is 7.71. The number of halogens is 1. The number of hydrogen-bond donors (Lipinski definition) is 3. The Morgan fingerprint density at radius 2 is 2.13 bits per heavy atom. The van der Waals surface area contributed by atoms with Gasteiger partial charge in [-0.3, -0.25) is 15.7 Å². The second kappa shape index (κ2) is 6.53. The summed E-state index contributed by atoms with van der Waals surface area (Å²) in [5.41, 5.74) is 1.37. The lowest BCUT2D eigenvalue weighted by Gasteiger charge is -2.00. The Kier molecular flexibility index (Phi) is 4.29. The SMILES string of the molecule is Cc1cc(NC(=O)Nc2nnc(Cc3ccccc3F)s2)n[nH]1. The molecule has 0 unspecified atom stereocenters. The third-order valence-corrected chi connectivity index (χ3v) is 3.77. The average Bonchev–Trinajstić information content (AvgIpc) is 3.11. The van der Waals surface area contributed by atoms with Crippen LogP contribution in [0, 0.1) is 12.7 Å². The molecule has 0 fully saturated rings. The van der Waals surface area contributed by atoms with Gasteiger partial charge in [0.05, 0.1) is 0 Å². The molecule has 0 aliphatic heterocycles. The molecule has 3 rings (SSSR count). The van der Waals surface area contributed by atoms with Gasteiger partial charge in [0, 0.05) is 18.2 Å². The van der Waals surface area contributed by atoms with Crippen molar-refractivity contribution in [1.82, 2.24) is 20.4 Å². The van der Waals surface area contributed by atoms with E-state index in [4.69, 9.17) is 0 Å². The quantitative estimate of drug-likeness (QED) is 0.684. The molecular formula is C14H13FN6OS. The largest absolute Gasteiger partial charge is 0.326 e. The monoisotopic (exact) mass is 332 g/mol. The van der Waals surface area contributed by atoms with Gasteiger partial charge >= 0.3 is 6.03 Å². The summed E-state index contributed by atoms with van der Waals surface area (Å²) in [5, 5.41) is 20.5. The zero-order valence-electron chi connectivity index (χ0n) is 12.1. The van der Waals surface area contributed by atoms with Crippen LogP contribution < -0.4 is 10.6 Å². The third kappa shape index (κ3) is 3.89. The molecule has 0 radical (unpaired) electrons. The maximum Gasteiger partial charge on any atom is 0.326 e. The van der Waals surface area contributed by atoms with E-state index in [-0.39, 0.29) is 5.82 Å². The summed E-state index contributed by atoms with van der Waals surface area (Å²) in [6.07, 6.45) is 0.326. The third-order valence-electron chi connectivity index (χ3n) is 2.93. The van der Waals surface area contributed by atoms with Crippen LogP contribution in [0.25, 0.3) is 0 Å². The Morgan fingerprint density at radius 3 is 2.87 bits per heavy atom. The number of aromatic nitrogens is 4. The van der Waals surface area contributed by atoms with E-state index in [0.717, 1.165) is 5.69 Å². The number of hydrogen-bond acceptors (Lipinski definition) is 5. The van der Waals surface area contributed by atoms with E-state index in [9.17, 15) is 9.18 Å². The van der Waals surface area contributed by atoms with Gasteiger partial charge in [0.2, 0.25) is 5.13 Å². The number of carbonyl (C=O) groups excluding carboxylic acids is 1. The standard InChI is InChI=1S/C14H13FN6OS/c1-8-6-11(19-18-8)16-13(22)17-14-21-20-12(23-14)7-9-4-2-3-5-10(9)15/h2-6H,7H2,1H3,(H3,16,17,18,19,21,22). The Morgan fingerprint density at radius 1 is 1.30 bits per heavy atom. The molecule has 0 bridgehead atoms. The molecule has 0 aliphatic rings. The highest BCUT2D eigenvalue weighted by molar-refractivity contribution is 7.15. The van der Waals surface area contributed by atoms with Crippen LogP contribution in [-0.2, 0) is 6.42 Å². The molecule has 2 heterocycles. The molecule has 2 aromatic heterocycles. The Bertz CT molecular complexity index is 830. The first-order valence-corrected chi connectivity index (χ1v) is 7.57. The van der Waals surface area contributed by atoms with E-state index in [0.29, 0.717) is 27.9 Å². The molecule has 2 amide bonds. The minimum atomic E-state index is -0.468. The van der Waals surface area contributed by atoms with Gasteiger partial charge in [-0.1, -0.05) is 29.5 Å². The van der Waals surface area contributed by atoms with Crippen LogP contribution >= 0.6 is 11.3 Å². The summed E-state index contributed by atoms with van der Waals surface area (Å²) in [7, 11) is 0. The van der Waals surface area contributed by atoms with Crippen molar-refractivity contribution in [1.29, 1.82) is 0 Å². The normalized spacial score (nSPS) is 10.5. The van der Waals surface area contributed by atoms with Crippen molar-refractivity contribution in [3.8, 4) is 0 Å². The molecule has 23 heavy (non-hydrogen) atoms. The number of urea groups is 1. The average molecular weight is 332 g/mol. The summed E-state index contributed by atoms with van der Waals surface area (Å²) in [6.45, 7) is 1.83. The van der Waals surface area contributed by atoms with Crippen LogP contribution in [0.4, 0.5) is 20.1 Å². The topological polar surface area (TPSA) is 95.6 Å². The highest BCUT2D eigenvalue weighted by atomic mass is 32.1. The van der Waals surface area contributed by atoms with Crippen molar-refractivity contribution in [2.24, 2.45) is 0 Å². The van der Waals surface area contributed by atoms with Crippen molar-refractivity contribution in [2.75, 3.05) is 10.6 Å². The van der Waals surface area contributed by atoms with Gasteiger partial charge in [-0.25, -0.2) is 9.18 Å². The maximum absolute atomic E-state index is 13.6. The number of aromatic amines is 1. The predicted molar refractivity (Wildman–Crippen MR) is 85.1 cm³/mol. The van der Waals surface area contributed by atoms with Crippen molar-refractivity contribution in [3.05, 3.63) is 52.4 Å². The van der Waals surface area contributed by atoms with Gasteiger partial charge in [0.15, 0.2) is 5.82 Å². The maximum atomic E-state index is 13.6. The van der Waals surface area contributed by atoms with Crippen LogP contribution in [0.1, 0.15) is 16.3 Å². The first kappa shape index (κ1) is 15.1. The van der Waals surface area contributed by atoms with E-state index in [1.807, 2.05) is 6.92 Å². The zero-order valence-corrected chi connectivity index (χ0v) is 12.9. The van der Waals surface area contributed by atoms with Gasteiger partial charge in [-0.15, -0.1) is 10.2 Å². The van der Waals surface area contributed by atoms with Crippen molar-refractivity contribution >= 4 is 28.3 Å². The molecule has 0 atom stereocenters. The van der Waals surface area contributed by atoms with Crippen molar-refractivity contribution in [2.45, 2.75) is 13.3 Å². The van der Waals surface area contributed by atoms with Crippen LogP contribution in [0.3, 0.4) is 0 Å².